The molecule has 5 heteroatoms. The lowest BCUT2D eigenvalue weighted by molar-refractivity contribution is -0.132. The zero-order valence-electron chi connectivity index (χ0n) is 17.7. The molecule has 0 radical (unpaired) electrons. The van der Waals surface area contributed by atoms with Gasteiger partial charge in [-0.25, -0.2) is 0 Å². The summed E-state index contributed by atoms with van der Waals surface area (Å²) in [7, 11) is 3.89. The van der Waals surface area contributed by atoms with Crippen LogP contribution in [-0.2, 0) is 9.59 Å². The molecule has 1 amide bonds. The molecule has 1 atom stereocenters. The van der Waals surface area contributed by atoms with E-state index in [0.717, 1.165) is 16.8 Å². The van der Waals surface area contributed by atoms with Gasteiger partial charge in [-0.15, -0.1) is 0 Å². The molecule has 156 valence electrons. The molecule has 31 heavy (non-hydrogen) atoms. The minimum atomic E-state index is -0.723. The maximum absolute atomic E-state index is 13.1. The molecule has 0 aliphatic carbocycles. The maximum atomic E-state index is 13.1. The first kappa shape index (κ1) is 20.4. The average molecular weight is 412 g/mol. The Labute approximate surface area is 181 Å². The van der Waals surface area contributed by atoms with E-state index < -0.39 is 17.7 Å². The van der Waals surface area contributed by atoms with Crippen molar-refractivity contribution in [1.29, 1.82) is 0 Å². The van der Waals surface area contributed by atoms with E-state index in [1.807, 2.05) is 80.5 Å². The summed E-state index contributed by atoms with van der Waals surface area (Å²) in [6.45, 7) is 1.96. The Morgan fingerprint density at radius 2 is 1.48 bits per heavy atom. The van der Waals surface area contributed by atoms with Crippen molar-refractivity contribution < 1.29 is 14.7 Å². The van der Waals surface area contributed by atoms with E-state index in [2.05, 4.69) is 0 Å². The molecule has 1 heterocycles. The van der Waals surface area contributed by atoms with Gasteiger partial charge < -0.3 is 10.0 Å². The Bertz CT molecular complexity index is 1150. The fraction of sp³-hybridized carbons (Fsp3) is 0.154. The number of ketones is 1. The van der Waals surface area contributed by atoms with Crippen molar-refractivity contribution in [1.82, 2.24) is 0 Å². The summed E-state index contributed by atoms with van der Waals surface area (Å²) in [5, 5.41) is 11.1. The van der Waals surface area contributed by atoms with E-state index in [9.17, 15) is 14.7 Å². The van der Waals surface area contributed by atoms with Crippen LogP contribution in [0.15, 0.2) is 84.4 Å². The quantitative estimate of drug-likeness (QED) is 0.384. The van der Waals surface area contributed by atoms with Crippen LogP contribution in [-0.4, -0.2) is 30.9 Å². The highest BCUT2D eigenvalue weighted by Gasteiger charge is 2.46. The number of Topliss-reactive ketones (excluding diaryl/α,β-unsaturated/α-hetero) is 1. The zero-order chi connectivity index (χ0) is 22.1. The molecule has 5 nitrogen and oxygen atoms in total. The van der Waals surface area contributed by atoms with Crippen molar-refractivity contribution in [2.75, 3.05) is 23.9 Å². The van der Waals surface area contributed by atoms with E-state index >= 15 is 0 Å². The van der Waals surface area contributed by atoms with Crippen molar-refractivity contribution >= 4 is 28.8 Å². The van der Waals surface area contributed by atoms with Crippen LogP contribution in [0.1, 0.15) is 22.7 Å². The maximum Gasteiger partial charge on any atom is 0.300 e. The minimum Gasteiger partial charge on any atom is -0.507 e. The van der Waals surface area contributed by atoms with Gasteiger partial charge in [0.15, 0.2) is 0 Å². The summed E-state index contributed by atoms with van der Waals surface area (Å²) in [5.74, 6) is -1.51. The number of aliphatic hydroxyl groups is 1. The standard InChI is InChI=1S/C26H24N2O3/c1-17-9-13-21(14-10-17)28-23(18-11-15-20(16-12-18)27(2)3)22(25(30)26(28)31)24(29)19-7-5-4-6-8-19/h4-16,23,29H,1-3H3/b24-22-. The predicted molar refractivity (Wildman–Crippen MR) is 123 cm³/mol. The Kier molecular flexibility index (Phi) is 5.34. The number of carbonyl (C=O) groups is 2. The lowest BCUT2D eigenvalue weighted by Gasteiger charge is -2.26. The topological polar surface area (TPSA) is 60.9 Å². The molecule has 0 saturated carbocycles. The van der Waals surface area contributed by atoms with Crippen molar-refractivity contribution in [3.05, 3.63) is 101 Å². The fourth-order valence-corrected chi connectivity index (χ4v) is 3.83. The number of rotatable bonds is 4. The summed E-state index contributed by atoms with van der Waals surface area (Å²) in [6, 6.07) is 23.2. The van der Waals surface area contributed by atoms with Gasteiger partial charge in [0, 0.05) is 31.0 Å². The Balaban J connectivity index is 1.92. The predicted octanol–water partition coefficient (Wildman–Crippen LogP) is 4.69. The van der Waals surface area contributed by atoms with Gasteiger partial charge >= 0.3 is 0 Å². The summed E-state index contributed by atoms with van der Waals surface area (Å²) in [6.07, 6.45) is 0. The smallest absolute Gasteiger partial charge is 0.300 e. The summed E-state index contributed by atoms with van der Waals surface area (Å²) in [5.41, 5.74) is 4.01. The molecule has 3 aromatic carbocycles. The monoisotopic (exact) mass is 412 g/mol. The second-order valence-electron chi connectivity index (χ2n) is 7.86. The van der Waals surface area contributed by atoms with Gasteiger partial charge in [0.1, 0.15) is 5.76 Å². The summed E-state index contributed by atoms with van der Waals surface area (Å²) in [4.78, 5) is 29.7. The van der Waals surface area contributed by atoms with Crippen molar-refractivity contribution in [3.8, 4) is 0 Å². The molecule has 1 saturated heterocycles. The number of hydrogen-bond acceptors (Lipinski definition) is 4. The Morgan fingerprint density at radius 1 is 0.871 bits per heavy atom. The second kappa shape index (κ2) is 8.11. The van der Waals surface area contributed by atoms with E-state index in [4.69, 9.17) is 0 Å². The molecular weight excluding hydrogens is 388 g/mol. The van der Waals surface area contributed by atoms with Gasteiger partial charge in [0.2, 0.25) is 0 Å². The van der Waals surface area contributed by atoms with Crippen LogP contribution in [0.3, 0.4) is 0 Å². The SMILES string of the molecule is Cc1ccc(N2C(=O)C(=O)/C(=C(\O)c3ccccc3)C2c2ccc(N(C)C)cc2)cc1. The molecule has 0 spiro atoms. The molecule has 1 aliphatic heterocycles. The highest BCUT2D eigenvalue weighted by Crippen LogP contribution is 2.42. The number of hydrogen-bond donors (Lipinski definition) is 1. The largest absolute Gasteiger partial charge is 0.507 e. The molecular formula is C26H24N2O3. The number of carbonyl (C=O) groups excluding carboxylic acids is 2. The van der Waals surface area contributed by atoms with Gasteiger partial charge in [-0.05, 0) is 36.8 Å². The third-order valence-electron chi connectivity index (χ3n) is 5.53. The number of nitrogens with zero attached hydrogens (tertiary/aromatic N) is 2. The Morgan fingerprint density at radius 3 is 2.06 bits per heavy atom. The lowest BCUT2D eigenvalue weighted by atomic mass is 9.95. The van der Waals surface area contributed by atoms with Crippen LogP contribution in [0.2, 0.25) is 0 Å². The molecule has 0 aromatic heterocycles. The average Bonchev–Trinajstić information content (AvgIpc) is 3.05. The third kappa shape index (κ3) is 3.70. The van der Waals surface area contributed by atoms with Gasteiger partial charge in [-0.3, -0.25) is 14.5 Å². The highest BCUT2D eigenvalue weighted by molar-refractivity contribution is 6.51. The molecule has 3 aromatic rings. The molecule has 1 N–H and O–H groups in total. The van der Waals surface area contributed by atoms with Crippen LogP contribution in [0.4, 0.5) is 11.4 Å². The first-order valence-corrected chi connectivity index (χ1v) is 10.1. The first-order valence-electron chi connectivity index (χ1n) is 10.1. The molecule has 4 rings (SSSR count). The molecule has 1 aliphatic rings. The van der Waals surface area contributed by atoms with Crippen LogP contribution in [0, 0.1) is 6.92 Å². The summed E-state index contributed by atoms with van der Waals surface area (Å²) >= 11 is 0. The zero-order valence-corrected chi connectivity index (χ0v) is 17.7. The number of amides is 1. The van der Waals surface area contributed by atoms with Crippen LogP contribution >= 0.6 is 0 Å². The highest BCUT2D eigenvalue weighted by atomic mass is 16.3. The summed E-state index contributed by atoms with van der Waals surface area (Å²) < 4.78 is 0. The minimum absolute atomic E-state index is 0.0920. The molecule has 1 fully saturated rings. The van der Waals surface area contributed by atoms with Crippen molar-refractivity contribution in [2.24, 2.45) is 0 Å². The number of anilines is 2. The number of aliphatic hydroxyl groups excluding tert-OH is 1. The van der Waals surface area contributed by atoms with Gasteiger partial charge in [0.25, 0.3) is 11.7 Å². The van der Waals surface area contributed by atoms with E-state index in [-0.39, 0.29) is 11.3 Å². The van der Waals surface area contributed by atoms with E-state index in [1.165, 1.54) is 4.90 Å². The van der Waals surface area contributed by atoms with Crippen LogP contribution < -0.4 is 9.80 Å². The van der Waals surface area contributed by atoms with Gasteiger partial charge in [0.05, 0.1) is 11.6 Å². The van der Waals surface area contributed by atoms with E-state index in [1.54, 1.807) is 24.3 Å². The Hall–Kier alpha value is -3.86. The first-order chi connectivity index (χ1) is 14.9. The van der Waals surface area contributed by atoms with Crippen molar-refractivity contribution in [3.63, 3.8) is 0 Å². The van der Waals surface area contributed by atoms with Crippen LogP contribution in [0.5, 0.6) is 0 Å². The lowest BCUT2D eigenvalue weighted by Crippen LogP contribution is -2.29. The van der Waals surface area contributed by atoms with E-state index in [0.29, 0.717) is 11.3 Å². The van der Waals surface area contributed by atoms with Crippen LogP contribution in [0.25, 0.3) is 5.76 Å². The van der Waals surface area contributed by atoms with Gasteiger partial charge in [-0.1, -0.05) is 60.2 Å². The second-order valence-corrected chi connectivity index (χ2v) is 7.86. The van der Waals surface area contributed by atoms with Gasteiger partial charge in [-0.2, -0.15) is 0 Å². The fourth-order valence-electron chi connectivity index (χ4n) is 3.83. The normalized spacial score (nSPS) is 17.8. The number of benzene rings is 3. The molecule has 0 bridgehead atoms. The molecule has 1 unspecified atom stereocenters. The number of aryl methyl sites for hydroxylation is 1. The third-order valence-corrected chi connectivity index (χ3v) is 5.53. The van der Waals surface area contributed by atoms with Crippen molar-refractivity contribution in [2.45, 2.75) is 13.0 Å².